The first-order chi connectivity index (χ1) is 14.0. The van der Waals surface area contributed by atoms with Crippen molar-refractivity contribution in [3.8, 4) is 0 Å². The molecule has 1 saturated heterocycles. The minimum Gasteiger partial charge on any atom is -0.413 e. The number of carbonyl (C=O) groups excluding carboxylic acids is 1. The summed E-state index contributed by atoms with van der Waals surface area (Å²) < 4.78 is 28.4. The van der Waals surface area contributed by atoms with Crippen LogP contribution in [0.5, 0.6) is 0 Å². The second-order valence-corrected chi connectivity index (χ2v) is 13.3. The Morgan fingerprint density at radius 1 is 1.14 bits per heavy atom. The van der Waals surface area contributed by atoms with Crippen LogP contribution < -0.4 is 0 Å². The van der Waals surface area contributed by atoms with Crippen LogP contribution in [0.3, 0.4) is 0 Å². The van der Waals surface area contributed by atoms with Crippen LogP contribution in [0.1, 0.15) is 33.6 Å². The van der Waals surface area contributed by atoms with Crippen molar-refractivity contribution in [3.05, 3.63) is 0 Å². The van der Waals surface area contributed by atoms with Crippen LogP contribution in [0.4, 0.5) is 0 Å². The van der Waals surface area contributed by atoms with E-state index in [2.05, 4.69) is 20.8 Å². The van der Waals surface area contributed by atoms with Crippen molar-refractivity contribution >= 4 is 14.1 Å². The van der Waals surface area contributed by atoms with Gasteiger partial charge in [-0.15, -0.1) is 0 Å². The third-order valence-corrected chi connectivity index (χ3v) is 12.2. The highest BCUT2D eigenvalue weighted by molar-refractivity contribution is 6.73. The Kier molecular flexibility index (Phi) is 7.92. The molecule has 0 aromatic heterocycles. The van der Waals surface area contributed by atoms with Gasteiger partial charge in [0.25, 0.3) is 0 Å². The molecule has 168 valence electrons. The fourth-order valence-corrected chi connectivity index (χ4v) is 8.65. The number of fused-ring (bicyclic) bond motifs is 1. The topological polar surface area (TPSA) is 83.5 Å². The first-order valence-electron chi connectivity index (χ1n) is 11.2. The van der Waals surface area contributed by atoms with Crippen LogP contribution in [0.25, 0.3) is 0 Å². The number of ketones is 1. The summed E-state index contributed by atoms with van der Waals surface area (Å²) in [4.78, 5) is 13.2. The summed E-state index contributed by atoms with van der Waals surface area (Å²) in [7, 11) is -0.269. The molecule has 1 aliphatic heterocycles. The molecule has 3 rings (SSSR count). The van der Waals surface area contributed by atoms with E-state index in [0.717, 1.165) is 31.0 Å². The van der Waals surface area contributed by atoms with Gasteiger partial charge < -0.3 is 28.5 Å². The smallest absolute Gasteiger partial charge is 0.232 e. The molecule has 3 fully saturated rings. The van der Waals surface area contributed by atoms with Crippen LogP contribution in [-0.4, -0.2) is 71.4 Å². The zero-order valence-electron chi connectivity index (χ0n) is 18.4. The quantitative estimate of drug-likeness (QED) is 0.273. The normalized spacial score (nSPS) is 36.2. The van der Waals surface area contributed by atoms with Gasteiger partial charge >= 0.3 is 0 Å². The van der Waals surface area contributed by atoms with Gasteiger partial charge in [-0.1, -0.05) is 20.8 Å². The Bertz CT molecular complexity index is 547. The highest BCUT2D eigenvalue weighted by Crippen LogP contribution is 2.61. The predicted molar refractivity (Wildman–Crippen MR) is 110 cm³/mol. The maximum atomic E-state index is 13.2. The fraction of sp³-hybridized carbons (Fsp3) is 0.952. The molecule has 1 N–H and O–H groups in total. The van der Waals surface area contributed by atoms with E-state index in [0.29, 0.717) is 26.4 Å². The van der Waals surface area contributed by atoms with Crippen molar-refractivity contribution in [1.82, 2.24) is 0 Å². The van der Waals surface area contributed by atoms with E-state index in [4.69, 9.17) is 23.4 Å². The number of hydrogen-bond donors (Lipinski definition) is 1. The van der Waals surface area contributed by atoms with Gasteiger partial charge in [0.1, 0.15) is 6.79 Å². The lowest BCUT2D eigenvalue weighted by molar-refractivity contribution is -0.259. The Morgan fingerprint density at radius 2 is 1.83 bits per heavy atom. The molecule has 7 nitrogen and oxygen atoms in total. The molecule has 0 amide bonds. The van der Waals surface area contributed by atoms with Crippen molar-refractivity contribution < 1.29 is 33.3 Å². The van der Waals surface area contributed by atoms with E-state index in [9.17, 15) is 9.90 Å². The molecule has 3 aliphatic rings. The summed E-state index contributed by atoms with van der Waals surface area (Å²) in [6, 6.07) is 3.09. The second kappa shape index (κ2) is 9.85. The lowest BCUT2D eigenvalue weighted by Gasteiger charge is -2.44. The summed E-state index contributed by atoms with van der Waals surface area (Å²) in [6.45, 7) is 8.82. The van der Waals surface area contributed by atoms with Gasteiger partial charge in [0, 0.05) is 19.6 Å². The predicted octanol–water partition coefficient (Wildman–Crippen LogP) is 2.57. The highest BCUT2D eigenvalue weighted by atomic mass is 28.4. The molecule has 29 heavy (non-hydrogen) atoms. The van der Waals surface area contributed by atoms with Crippen molar-refractivity contribution in [2.75, 3.05) is 40.3 Å². The number of Topliss-reactive ketones (excluding diaryl/α,β-unsaturated/α-hetero) is 1. The Labute approximate surface area is 175 Å². The molecule has 0 aromatic carbocycles. The van der Waals surface area contributed by atoms with E-state index in [-0.39, 0.29) is 42.4 Å². The monoisotopic (exact) mass is 430 g/mol. The molecule has 1 heterocycles. The summed E-state index contributed by atoms with van der Waals surface area (Å²) in [5.41, 5.74) is 0. The Balaban J connectivity index is 1.68. The molecule has 0 unspecified atom stereocenters. The van der Waals surface area contributed by atoms with Gasteiger partial charge in [-0.3, -0.25) is 4.79 Å². The van der Waals surface area contributed by atoms with E-state index in [1.165, 1.54) is 0 Å². The van der Waals surface area contributed by atoms with Gasteiger partial charge in [0.05, 0.1) is 31.8 Å². The van der Waals surface area contributed by atoms with Crippen LogP contribution in [0, 0.1) is 23.7 Å². The van der Waals surface area contributed by atoms with Gasteiger partial charge in [-0.2, -0.15) is 0 Å². The number of methoxy groups -OCH3 is 1. The molecule has 0 aromatic rings. The summed E-state index contributed by atoms with van der Waals surface area (Å²) in [5, 5.41) is 11.1. The van der Waals surface area contributed by atoms with Gasteiger partial charge in [-0.25, -0.2) is 0 Å². The molecule has 0 spiro atoms. The third-order valence-electron chi connectivity index (χ3n) is 7.57. The molecule has 2 aliphatic carbocycles. The first-order valence-corrected chi connectivity index (χ1v) is 13.7. The summed E-state index contributed by atoms with van der Waals surface area (Å²) in [6.07, 6.45) is 1.43. The fourth-order valence-electron chi connectivity index (χ4n) is 5.78. The van der Waals surface area contributed by atoms with Crippen molar-refractivity contribution in [2.24, 2.45) is 23.7 Å². The van der Waals surface area contributed by atoms with E-state index < -0.39 is 14.1 Å². The van der Waals surface area contributed by atoms with E-state index in [1.807, 2.05) is 0 Å². The zero-order chi connectivity index (χ0) is 21.1. The standard InChI is InChI=1S/C21H38O7Si/c1-5-29(6-2,7-3)28-19-17-15(8-10-25-14-26-13-12-24-4)16-9-11-27-21(23,18(16)19)20(17)22/h15-19,23H,5-14H2,1-4H3/t15-,16-,17+,18-,19-,21-/m1/s1. The largest absolute Gasteiger partial charge is 0.413 e. The molecule has 6 atom stereocenters. The number of carbonyl (C=O) groups is 1. The van der Waals surface area contributed by atoms with Crippen LogP contribution in [0.2, 0.25) is 18.1 Å². The van der Waals surface area contributed by atoms with Gasteiger partial charge in [-0.05, 0) is 42.8 Å². The van der Waals surface area contributed by atoms with E-state index >= 15 is 0 Å². The van der Waals surface area contributed by atoms with Crippen molar-refractivity contribution in [1.29, 1.82) is 0 Å². The maximum absolute atomic E-state index is 13.2. The van der Waals surface area contributed by atoms with Crippen molar-refractivity contribution in [2.45, 2.75) is 63.6 Å². The number of aliphatic hydroxyl groups is 1. The minimum absolute atomic E-state index is 0.170. The Morgan fingerprint density at radius 3 is 2.48 bits per heavy atom. The molecule has 2 bridgehead atoms. The lowest BCUT2D eigenvalue weighted by Crippen LogP contribution is -2.56. The highest BCUT2D eigenvalue weighted by Gasteiger charge is 2.73. The molecule has 2 saturated carbocycles. The zero-order valence-corrected chi connectivity index (χ0v) is 19.4. The minimum atomic E-state index is -1.90. The third kappa shape index (κ3) is 4.22. The second-order valence-electron chi connectivity index (χ2n) is 8.62. The molecular weight excluding hydrogens is 392 g/mol. The lowest BCUT2D eigenvalue weighted by atomic mass is 9.71. The SMILES string of the molecule is CC[Si](CC)(CC)O[C@@H]1[C@H]2C(=O)[C@]3(O)OCC[C@H]([C@H]2CCOCOCCOC)[C@H]13. The molecule has 8 heteroatoms. The van der Waals surface area contributed by atoms with Crippen molar-refractivity contribution in [3.63, 3.8) is 0 Å². The van der Waals surface area contributed by atoms with Gasteiger partial charge in [0.2, 0.25) is 5.79 Å². The van der Waals surface area contributed by atoms with Crippen LogP contribution in [0.15, 0.2) is 0 Å². The maximum Gasteiger partial charge on any atom is 0.232 e. The summed E-state index contributed by atoms with van der Waals surface area (Å²) >= 11 is 0. The average Bonchev–Trinajstić information content (AvgIpc) is 3.15. The number of ether oxygens (including phenoxy) is 4. The summed E-state index contributed by atoms with van der Waals surface area (Å²) in [5.74, 6) is -1.92. The number of rotatable bonds is 13. The molecule has 0 radical (unpaired) electrons. The van der Waals surface area contributed by atoms with E-state index in [1.54, 1.807) is 7.11 Å². The Hall–Kier alpha value is -0.353. The number of hydrogen-bond acceptors (Lipinski definition) is 7. The average molecular weight is 431 g/mol. The first kappa shape index (κ1) is 23.3. The van der Waals surface area contributed by atoms with Gasteiger partial charge in [0.15, 0.2) is 14.1 Å². The van der Waals surface area contributed by atoms with Crippen LogP contribution >= 0.6 is 0 Å². The van der Waals surface area contributed by atoms with Crippen LogP contribution in [-0.2, 0) is 28.2 Å². The molecular formula is C21H38O7Si.